The molecular formula is C16H27N3S. The first-order valence-electron chi connectivity index (χ1n) is 8.12. The average molecular weight is 293 g/mol. The van der Waals surface area contributed by atoms with Gasteiger partial charge in [0.2, 0.25) is 0 Å². The molecule has 1 saturated carbocycles. The first kappa shape index (κ1) is 14.5. The van der Waals surface area contributed by atoms with Crippen LogP contribution in [0.3, 0.4) is 0 Å². The predicted octanol–water partition coefficient (Wildman–Crippen LogP) is 3.41. The van der Waals surface area contributed by atoms with Crippen LogP contribution in [0.15, 0.2) is 5.38 Å². The fourth-order valence-corrected chi connectivity index (χ4v) is 3.98. The minimum Gasteiger partial charge on any atom is -0.308 e. The first-order chi connectivity index (χ1) is 9.73. The van der Waals surface area contributed by atoms with Crippen LogP contribution in [-0.2, 0) is 13.1 Å². The molecule has 0 radical (unpaired) electrons. The largest absolute Gasteiger partial charge is 0.308 e. The van der Waals surface area contributed by atoms with E-state index < -0.39 is 0 Å². The molecule has 1 aromatic heterocycles. The molecule has 1 aliphatic carbocycles. The van der Waals surface area contributed by atoms with Gasteiger partial charge in [-0.25, -0.2) is 4.98 Å². The number of aromatic nitrogens is 1. The minimum absolute atomic E-state index is 0.576. The monoisotopic (exact) mass is 293 g/mol. The molecule has 2 aliphatic rings. The lowest BCUT2D eigenvalue weighted by Gasteiger charge is -2.26. The van der Waals surface area contributed by atoms with Crippen molar-refractivity contribution >= 4 is 11.3 Å². The Morgan fingerprint density at radius 2 is 2.20 bits per heavy atom. The van der Waals surface area contributed by atoms with Gasteiger partial charge in [0.15, 0.2) is 0 Å². The van der Waals surface area contributed by atoms with E-state index in [1.165, 1.54) is 55.9 Å². The standard InChI is InChI=1S/C16H27N3S/c1-3-16(4-2)7-8-19(12-16)10-14-11-20-15(18-14)9-17-13-5-6-13/h11,13,17H,3-10,12H2,1-2H3. The smallest absolute Gasteiger partial charge is 0.107 e. The van der Waals surface area contributed by atoms with Crippen LogP contribution in [0.2, 0.25) is 0 Å². The summed E-state index contributed by atoms with van der Waals surface area (Å²) < 4.78 is 0. The van der Waals surface area contributed by atoms with Crippen molar-refractivity contribution in [1.29, 1.82) is 0 Å². The molecule has 0 atom stereocenters. The summed E-state index contributed by atoms with van der Waals surface area (Å²) in [6.07, 6.45) is 6.69. The maximum absolute atomic E-state index is 4.79. The van der Waals surface area contributed by atoms with Crippen molar-refractivity contribution in [1.82, 2.24) is 15.2 Å². The van der Waals surface area contributed by atoms with Crippen molar-refractivity contribution in [2.45, 2.75) is 65.1 Å². The van der Waals surface area contributed by atoms with E-state index in [-0.39, 0.29) is 0 Å². The van der Waals surface area contributed by atoms with Crippen LogP contribution >= 0.6 is 11.3 Å². The predicted molar refractivity (Wildman–Crippen MR) is 84.9 cm³/mol. The van der Waals surface area contributed by atoms with Gasteiger partial charge in [0.05, 0.1) is 5.69 Å². The second-order valence-corrected chi connectivity index (χ2v) is 7.50. The van der Waals surface area contributed by atoms with Crippen LogP contribution in [0.1, 0.15) is 56.7 Å². The number of likely N-dealkylation sites (tertiary alicyclic amines) is 1. The SMILES string of the molecule is CCC1(CC)CCN(Cc2csc(CNC3CC3)n2)C1. The zero-order valence-corrected chi connectivity index (χ0v) is 13.6. The van der Waals surface area contributed by atoms with E-state index in [1.807, 2.05) is 11.3 Å². The number of thiazole rings is 1. The van der Waals surface area contributed by atoms with Gasteiger partial charge in [0.1, 0.15) is 5.01 Å². The van der Waals surface area contributed by atoms with Crippen LogP contribution in [0, 0.1) is 5.41 Å². The van der Waals surface area contributed by atoms with E-state index in [0.29, 0.717) is 5.41 Å². The summed E-state index contributed by atoms with van der Waals surface area (Å²) in [5, 5.41) is 7.05. The summed E-state index contributed by atoms with van der Waals surface area (Å²) in [5.41, 5.74) is 1.84. The lowest BCUT2D eigenvalue weighted by Crippen LogP contribution is -2.26. The van der Waals surface area contributed by atoms with Gasteiger partial charge in [-0.15, -0.1) is 11.3 Å². The number of rotatable bonds is 7. The van der Waals surface area contributed by atoms with E-state index in [2.05, 4.69) is 29.4 Å². The van der Waals surface area contributed by atoms with Crippen molar-refractivity contribution in [2.75, 3.05) is 13.1 Å². The fraction of sp³-hybridized carbons (Fsp3) is 0.812. The van der Waals surface area contributed by atoms with Gasteiger partial charge in [-0.3, -0.25) is 4.90 Å². The van der Waals surface area contributed by atoms with Crippen LogP contribution in [0.4, 0.5) is 0 Å². The van der Waals surface area contributed by atoms with Gasteiger partial charge >= 0.3 is 0 Å². The molecule has 1 N–H and O–H groups in total. The molecule has 112 valence electrons. The summed E-state index contributed by atoms with van der Waals surface area (Å²) >= 11 is 1.81. The maximum atomic E-state index is 4.79. The highest BCUT2D eigenvalue weighted by Crippen LogP contribution is 2.37. The molecule has 0 unspecified atom stereocenters. The normalized spacial score (nSPS) is 22.5. The van der Waals surface area contributed by atoms with Crippen LogP contribution in [0.25, 0.3) is 0 Å². The lowest BCUT2D eigenvalue weighted by molar-refractivity contribution is 0.235. The van der Waals surface area contributed by atoms with Crippen LogP contribution in [0.5, 0.6) is 0 Å². The Morgan fingerprint density at radius 1 is 1.40 bits per heavy atom. The quantitative estimate of drug-likeness (QED) is 0.835. The van der Waals surface area contributed by atoms with Gasteiger partial charge in [-0.1, -0.05) is 13.8 Å². The molecule has 20 heavy (non-hydrogen) atoms. The summed E-state index contributed by atoms with van der Waals surface area (Å²) in [4.78, 5) is 7.38. The van der Waals surface area contributed by atoms with Gasteiger partial charge in [0, 0.05) is 31.1 Å². The number of hydrogen-bond acceptors (Lipinski definition) is 4. The summed E-state index contributed by atoms with van der Waals surface area (Å²) in [7, 11) is 0. The van der Waals surface area contributed by atoms with E-state index >= 15 is 0 Å². The number of nitrogens with one attached hydrogen (secondary N) is 1. The Morgan fingerprint density at radius 3 is 2.85 bits per heavy atom. The molecule has 2 heterocycles. The molecule has 3 rings (SSSR count). The van der Waals surface area contributed by atoms with E-state index in [4.69, 9.17) is 4.98 Å². The molecule has 1 aliphatic heterocycles. The topological polar surface area (TPSA) is 28.2 Å². The van der Waals surface area contributed by atoms with Gasteiger partial charge < -0.3 is 5.32 Å². The minimum atomic E-state index is 0.576. The van der Waals surface area contributed by atoms with Gasteiger partial charge in [-0.05, 0) is 44.1 Å². The zero-order valence-electron chi connectivity index (χ0n) is 12.8. The first-order valence-corrected chi connectivity index (χ1v) is 9.00. The Labute approximate surface area is 126 Å². The summed E-state index contributed by atoms with van der Waals surface area (Å²) in [5.74, 6) is 0. The molecule has 0 bridgehead atoms. The zero-order chi connectivity index (χ0) is 14.0. The third kappa shape index (κ3) is 3.41. The highest BCUT2D eigenvalue weighted by molar-refractivity contribution is 7.09. The van der Waals surface area contributed by atoms with Crippen LogP contribution < -0.4 is 5.32 Å². The van der Waals surface area contributed by atoms with Crippen molar-refractivity contribution < 1.29 is 0 Å². The molecule has 0 spiro atoms. The van der Waals surface area contributed by atoms with Crippen molar-refractivity contribution in [2.24, 2.45) is 5.41 Å². The third-order valence-corrected chi connectivity index (χ3v) is 6.02. The molecule has 4 heteroatoms. The van der Waals surface area contributed by atoms with Crippen molar-refractivity contribution in [3.63, 3.8) is 0 Å². The molecular weight excluding hydrogens is 266 g/mol. The van der Waals surface area contributed by atoms with E-state index in [1.54, 1.807) is 0 Å². The Balaban J connectivity index is 1.50. The highest BCUT2D eigenvalue weighted by atomic mass is 32.1. The van der Waals surface area contributed by atoms with Crippen molar-refractivity contribution in [3.8, 4) is 0 Å². The molecule has 3 nitrogen and oxygen atoms in total. The maximum Gasteiger partial charge on any atom is 0.107 e. The summed E-state index contributed by atoms with van der Waals surface area (Å²) in [6.45, 7) is 9.20. The highest BCUT2D eigenvalue weighted by Gasteiger charge is 2.34. The molecule has 1 saturated heterocycles. The lowest BCUT2D eigenvalue weighted by atomic mass is 9.82. The number of nitrogens with zero attached hydrogens (tertiary/aromatic N) is 2. The second kappa shape index (κ2) is 6.12. The summed E-state index contributed by atoms with van der Waals surface area (Å²) in [6, 6.07) is 0.774. The van der Waals surface area contributed by atoms with Gasteiger partial charge in [0.25, 0.3) is 0 Å². The van der Waals surface area contributed by atoms with E-state index in [0.717, 1.165) is 19.1 Å². The van der Waals surface area contributed by atoms with Crippen molar-refractivity contribution in [3.05, 3.63) is 16.1 Å². The Hall–Kier alpha value is -0.450. The second-order valence-electron chi connectivity index (χ2n) is 6.56. The molecule has 2 fully saturated rings. The fourth-order valence-electron chi connectivity index (χ4n) is 3.24. The Kier molecular flexibility index (Phi) is 4.43. The molecule has 1 aromatic rings. The molecule has 0 amide bonds. The number of hydrogen-bond donors (Lipinski definition) is 1. The molecule has 0 aromatic carbocycles. The van der Waals surface area contributed by atoms with E-state index in [9.17, 15) is 0 Å². The van der Waals surface area contributed by atoms with Crippen LogP contribution in [-0.4, -0.2) is 29.0 Å². The average Bonchev–Trinajstić information content (AvgIpc) is 3.05. The Bertz CT molecular complexity index is 435. The third-order valence-electron chi connectivity index (χ3n) is 5.12. The van der Waals surface area contributed by atoms with Gasteiger partial charge in [-0.2, -0.15) is 0 Å².